The van der Waals surface area contributed by atoms with Crippen LogP contribution in [0.15, 0.2) is 54.9 Å². The van der Waals surface area contributed by atoms with Gasteiger partial charge in [-0.15, -0.1) is 11.3 Å². The molecule has 3 heterocycles. The summed E-state index contributed by atoms with van der Waals surface area (Å²) in [6.07, 6.45) is 1.53. The lowest BCUT2D eigenvalue weighted by molar-refractivity contribution is 0.174. The maximum atomic E-state index is 14.2. The van der Waals surface area contributed by atoms with Gasteiger partial charge in [-0.1, -0.05) is 18.2 Å². The lowest BCUT2D eigenvalue weighted by Gasteiger charge is -2.19. The molecule has 1 aliphatic rings. The molecule has 134 valence electrons. The second-order valence-corrected chi connectivity index (χ2v) is 7.15. The first-order valence-electron chi connectivity index (χ1n) is 8.33. The average Bonchev–Trinajstić information content (AvgIpc) is 3.33. The number of thiophene rings is 1. The third-order valence-corrected chi connectivity index (χ3v) is 5.65. The van der Waals surface area contributed by atoms with Crippen LogP contribution in [0.5, 0.6) is 11.5 Å². The Labute approximate surface area is 158 Å². The molecule has 0 bridgehead atoms. The number of ether oxygens (including phenoxy) is 2. The summed E-state index contributed by atoms with van der Waals surface area (Å²) in [7, 11) is 1.93. The van der Waals surface area contributed by atoms with E-state index in [2.05, 4.69) is 9.97 Å². The van der Waals surface area contributed by atoms with Crippen molar-refractivity contribution in [2.45, 2.75) is 0 Å². The zero-order valence-electron chi connectivity index (χ0n) is 14.3. The first-order chi connectivity index (χ1) is 13.2. The molecule has 5 nitrogen and oxygen atoms in total. The Morgan fingerprint density at radius 3 is 2.78 bits per heavy atom. The molecular formula is C20H14FN3O2S. The highest BCUT2D eigenvalue weighted by Gasteiger charge is 2.19. The Balaban J connectivity index is 1.60. The molecule has 0 saturated heterocycles. The minimum atomic E-state index is -0.248. The molecule has 27 heavy (non-hydrogen) atoms. The summed E-state index contributed by atoms with van der Waals surface area (Å²) in [6.45, 7) is 0.233. The average molecular weight is 379 g/mol. The van der Waals surface area contributed by atoms with Gasteiger partial charge in [-0.25, -0.2) is 14.4 Å². The van der Waals surface area contributed by atoms with Gasteiger partial charge in [-0.2, -0.15) is 0 Å². The van der Waals surface area contributed by atoms with E-state index < -0.39 is 0 Å². The van der Waals surface area contributed by atoms with Crippen molar-refractivity contribution in [2.75, 3.05) is 18.7 Å². The molecule has 0 spiro atoms. The van der Waals surface area contributed by atoms with E-state index in [-0.39, 0.29) is 12.6 Å². The fraction of sp³-hybridized carbons (Fsp3) is 0.100. The Morgan fingerprint density at radius 2 is 1.89 bits per heavy atom. The summed E-state index contributed by atoms with van der Waals surface area (Å²) in [5.74, 6) is 1.95. The molecule has 7 heteroatoms. The van der Waals surface area contributed by atoms with Crippen LogP contribution in [0.4, 0.5) is 15.9 Å². The van der Waals surface area contributed by atoms with Crippen molar-refractivity contribution in [2.24, 2.45) is 0 Å². The number of hydrogen-bond acceptors (Lipinski definition) is 6. The minimum absolute atomic E-state index is 0.233. The van der Waals surface area contributed by atoms with Crippen LogP contribution in [0, 0.1) is 5.82 Å². The molecule has 0 aliphatic carbocycles. The van der Waals surface area contributed by atoms with Crippen LogP contribution in [-0.4, -0.2) is 23.8 Å². The fourth-order valence-electron chi connectivity index (χ4n) is 3.09. The number of nitrogens with zero attached hydrogens (tertiary/aromatic N) is 3. The predicted molar refractivity (Wildman–Crippen MR) is 103 cm³/mol. The van der Waals surface area contributed by atoms with Crippen molar-refractivity contribution in [3.8, 4) is 21.9 Å². The number of rotatable bonds is 3. The second-order valence-electron chi connectivity index (χ2n) is 6.10. The quantitative estimate of drug-likeness (QED) is 0.502. The molecule has 5 rings (SSSR count). The molecule has 0 unspecified atom stereocenters. The molecule has 0 N–H and O–H groups in total. The Hall–Kier alpha value is -3.19. The molecule has 4 aromatic rings. The van der Waals surface area contributed by atoms with Crippen molar-refractivity contribution in [3.63, 3.8) is 0 Å². The number of hydrogen-bond donors (Lipinski definition) is 0. The van der Waals surface area contributed by atoms with E-state index in [9.17, 15) is 4.39 Å². The molecular weight excluding hydrogens is 365 g/mol. The molecule has 0 atom stereocenters. The van der Waals surface area contributed by atoms with E-state index in [0.29, 0.717) is 11.3 Å². The maximum absolute atomic E-state index is 14.2. The van der Waals surface area contributed by atoms with Crippen molar-refractivity contribution >= 4 is 33.1 Å². The van der Waals surface area contributed by atoms with Gasteiger partial charge >= 0.3 is 0 Å². The number of fused-ring (bicyclic) bond motifs is 2. The van der Waals surface area contributed by atoms with Crippen LogP contribution in [0.2, 0.25) is 0 Å². The third-order valence-electron chi connectivity index (χ3n) is 4.49. The summed E-state index contributed by atoms with van der Waals surface area (Å²) >= 11 is 1.48. The Bertz CT molecular complexity index is 1160. The van der Waals surface area contributed by atoms with Gasteiger partial charge in [0.25, 0.3) is 0 Å². The summed E-state index contributed by atoms with van der Waals surface area (Å²) in [5, 5.41) is 0. The lowest BCUT2D eigenvalue weighted by atomic mass is 10.2. The largest absolute Gasteiger partial charge is 0.454 e. The molecule has 0 saturated carbocycles. The van der Waals surface area contributed by atoms with Crippen LogP contribution < -0.4 is 14.4 Å². The van der Waals surface area contributed by atoms with Crippen LogP contribution in [0.1, 0.15) is 0 Å². The summed E-state index contributed by atoms with van der Waals surface area (Å²) in [4.78, 5) is 11.6. The Morgan fingerprint density at radius 1 is 1.04 bits per heavy atom. The number of aromatic nitrogens is 2. The van der Waals surface area contributed by atoms with Crippen LogP contribution >= 0.6 is 11.3 Å². The van der Waals surface area contributed by atoms with Gasteiger partial charge in [0, 0.05) is 29.2 Å². The van der Waals surface area contributed by atoms with E-state index in [1.807, 2.05) is 42.3 Å². The summed E-state index contributed by atoms with van der Waals surface area (Å²) in [5.41, 5.74) is 2.27. The minimum Gasteiger partial charge on any atom is -0.454 e. The van der Waals surface area contributed by atoms with Gasteiger partial charge in [0.1, 0.15) is 12.1 Å². The summed E-state index contributed by atoms with van der Waals surface area (Å²) in [6, 6.07) is 14.4. The topological polar surface area (TPSA) is 47.5 Å². The highest BCUT2D eigenvalue weighted by molar-refractivity contribution is 7.22. The molecule has 0 fully saturated rings. The molecule has 0 amide bonds. The highest BCUT2D eigenvalue weighted by atomic mass is 32.1. The van der Waals surface area contributed by atoms with Crippen LogP contribution in [-0.2, 0) is 0 Å². The molecule has 0 radical (unpaired) electrons. The zero-order chi connectivity index (χ0) is 18.4. The SMILES string of the molecule is CN(c1ccc2c(c1)OCO2)c1ncnc2cc(-c3ccccc3F)sc12. The smallest absolute Gasteiger partial charge is 0.231 e. The van der Waals surface area contributed by atoms with Gasteiger partial charge in [-0.05, 0) is 24.3 Å². The number of halogens is 1. The van der Waals surface area contributed by atoms with Gasteiger partial charge in [0.05, 0.1) is 10.2 Å². The lowest BCUT2D eigenvalue weighted by Crippen LogP contribution is -2.11. The van der Waals surface area contributed by atoms with E-state index in [1.54, 1.807) is 12.1 Å². The van der Waals surface area contributed by atoms with E-state index in [4.69, 9.17) is 9.47 Å². The molecule has 2 aromatic carbocycles. The first kappa shape index (κ1) is 16.0. The van der Waals surface area contributed by atoms with Gasteiger partial charge in [0.15, 0.2) is 17.3 Å². The second kappa shape index (κ2) is 6.21. The fourth-order valence-corrected chi connectivity index (χ4v) is 4.25. The maximum Gasteiger partial charge on any atom is 0.231 e. The van der Waals surface area contributed by atoms with Crippen molar-refractivity contribution in [3.05, 3.63) is 60.7 Å². The zero-order valence-corrected chi connectivity index (χ0v) is 15.2. The van der Waals surface area contributed by atoms with Crippen molar-refractivity contribution in [1.82, 2.24) is 9.97 Å². The van der Waals surface area contributed by atoms with Gasteiger partial charge < -0.3 is 14.4 Å². The van der Waals surface area contributed by atoms with E-state index >= 15 is 0 Å². The van der Waals surface area contributed by atoms with Gasteiger partial charge in [-0.3, -0.25) is 0 Å². The predicted octanol–water partition coefficient (Wildman–Crippen LogP) is 4.99. The molecule has 2 aromatic heterocycles. The Kier molecular flexibility index (Phi) is 3.68. The molecule has 1 aliphatic heterocycles. The van der Waals surface area contributed by atoms with Crippen LogP contribution in [0.25, 0.3) is 20.7 Å². The third kappa shape index (κ3) is 2.67. The monoisotopic (exact) mass is 379 g/mol. The first-order valence-corrected chi connectivity index (χ1v) is 9.15. The van der Waals surface area contributed by atoms with E-state index in [1.165, 1.54) is 23.7 Å². The van der Waals surface area contributed by atoms with Crippen LogP contribution in [0.3, 0.4) is 0 Å². The number of benzene rings is 2. The summed E-state index contributed by atoms with van der Waals surface area (Å²) < 4.78 is 25.9. The number of anilines is 2. The normalized spacial score (nSPS) is 12.5. The van der Waals surface area contributed by atoms with Gasteiger partial charge in [0.2, 0.25) is 6.79 Å². The van der Waals surface area contributed by atoms with E-state index in [0.717, 1.165) is 32.3 Å². The standard InChI is InChI=1S/C20H14FN3O2S/c1-24(12-6-7-16-17(8-12)26-11-25-16)20-19-15(22-10-23-20)9-18(27-19)13-4-2-3-5-14(13)21/h2-10H,11H2,1H3. The van der Waals surface area contributed by atoms with Crippen molar-refractivity contribution in [1.29, 1.82) is 0 Å². The van der Waals surface area contributed by atoms with Crippen molar-refractivity contribution < 1.29 is 13.9 Å². The highest BCUT2D eigenvalue weighted by Crippen LogP contribution is 2.41.